The molecular formula is C17H20O6. The van der Waals surface area contributed by atoms with Crippen LogP contribution < -0.4 is 9.47 Å². The van der Waals surface area contributed by atoms with Crippen LogP contribution in [0.25, 0.3) is 6.08 Å². The van der Waals surface area contributed by atoms with Gasteiger partial charge in [-0.1, -0.05) is 12.6 Å². The van der Waals surface area contributed by atoms with E-state index in [1.165, 1.54) is 20.3 Å². The van der Waals surface area contributed by atoms with Crippen LogP contribution in [0.15, 0.2) is 36.4 Å². The molecule has 0 amide bonds. The molecule has 1 rings (SSSR count). The molecule has 124 valence electrons. The average Bonchev–Trinajstić information content (AvgIpc) is 2.56. The molecule has 0 N–H and O–H groups in total. The number of rotatable bonds is 8. The Morgan fingerprint density at radius 1 is 1.17 bits per heavy atom. The molecule has 6 heteroatoms. The first-order valence-electron chi connectivity index (χ1n) is 6.87. The zero-order valence-electron chi connectivity index (χ0n) is 13.5. The van der Waals surface area contributed by atoms with E-state index in [0.717, 1.165) is 5.56 Å². The van der Waals surface area contributed by atoms with Crippen LogP contribution in [0.4, 0.5) is 0 Å². The van der Waals surface area contributed by atoms with Crippen LogP contribution in [-0.2, 0) is 19.1 Å². The zero-order valence-corrected chi connectivity index (χ0v) is 13.5. The Morgan fingerprint density at radius 3 is 2.52 bits per heavy atom. The van der Waals surface area contributed by atoms with E-state index in [4.69, 9.17) is 14.2 Å². The van der Waals surface area contributed by atoms with Gasteiger partial charge in [0.25, 0.3) is 0 Å². The highest BCUT2D eigenvalue weighted by Gasteiger charge is 2.07. The minimum Gasteiger partial charge on any atom is -0.493 e. The van der Waals surface area contributed by atoms with Gasteiger partial charge in [-0.25, -0.2) is 9.59 Å². The predicted molar refractivity (Wildman–Crippen MR) is 85.3 cm³/mol. The molecule has 23 heavy (non-hydrogen) atoms. The number of hydrogen-bond acceptors (Lipinski definition) is 6. The van der Waals surface area contributed by atoms with Gasteiger partial charge in [0, 0.05) is 11.6 Å². The maximum absolute atomic E-state index is 11.3. The van der Waals surface area contributed by atoms with Crippen LogP contribution in [0.2, 0.25) is 0 Å². The normalized spacial score (nSPS) is 10.2. The highest BCUT2D eigenvalue weighted by Crippen LogP contribution is 2.28. The summed E-state index contributed by atoms with van der Waals surface area (Å²) in [6.07, 6.45) is 2.90. The lowest BCUT2D eigenvalue weighted by Gasteiger charge is -2.11. The molecule has 0 fully saturated rings. The fourth-order valence-electron chi connectivity index (χ4n) is 1.55. The standard InChI is InChI=1S/C17H20O6/c1-12(2)17(19)23-10-9-22-15-11-13(5-7-14(15)20-3)6-8-16(18)21-4/h5-8,11H,1,9-10H2,2-4H3. The number of methoxy groups -OCH3 is 2. The lowest BCUT2D eigenvalue weighted by atomic mass is 10.2. The van der Waals surface area contributed by atoms with Crippen LogP contribution in [-0.4, -0.2) is 39.4 Å². The van der Waals surface area contributed by atoms with E-state index >= 15 is 0 Å². The number of carbonyl (C=O) groups excluding carboxylic acids is 2. The topological polar surface area (TPSA) is 71.1 Å². The number of ether oxygens (including phenoxy) is 4. The summed E-state index contributed by atoms with van der Waals surface area (Å²) in [4.78, 5) is 22.4. The number of hydrogen-bond donors (Lipinski definition) is 0. The predicted octanol–water partition coefficient (Wildman–Crippen LogP) is 2.38. The number of esters is 2. The van der Waals surface area contributed by atoms with E-state index < -0.39 is 11.9 Å². The molecule has 1 aromatic rings. The van der Waals surface area contributed by atoms with Gasteiger partial charge >= 0.3 is 11.9 Å². The van der Waals surface area contributed by atoms with Gasteiger partial charge in [-0.15, -0.1) is 0 Å². The van der Waals surface area contributed by atoms with Crippen LogP contribution in [0.1, 0.15) is 12.5 Å². The maximum Gasteiger partial charge on any atom is 0.333 e. The van der Waals surface area contributed by atoms with E-state index in [1.807, 2.05) is 0 Å². The molecule has 0 spiro atoms. The highest BCUT2D eigenvalue weighted by atomic mass is 16.6. The van der Waals surface area contributed by atoms with Crippen molar-refractivity contribution in [2.45, 2.75) is 6.92 Å². The third-order valence-electron chi connectivity index (χ3n) is 2.72. The van der Waals surface area contributed by atoms with Crippen molar-refractivity contribution in [1.82, 2.24) is 0 Å². The van der Waals surface area contributed by atoms with Crippen LogP contribution in [0.5, 0.6) is 11.5 Å². The monoisotopic (exact) mass is 320 g/mol. The Kier molecular flexibility index (Phi) is 7.39. The van der Waals surface area contributed by atoms with Crippen LogP contribution in [0, 0.1) is 0 Å². The van der Waals surface area contributed by atoms with Crippen molar-refractivity contribution in [1.29, 1.82) is 0 Å². The molecule has 0 aliphatic heterocycles. The summed E-state index contributed by atoms with van der Waals surface area (Å²) < 4.78 is 20.2. The van der Waals surface area contributed by atoms with Crippen molar-refractivity contribution in [3.63, 3.8) is 0 Å². The van der Waals surface area contributed by atoms with Gasteiger partial charge in [0.05, 0.1) is 14.2 Å². The van der Waals surface area contributed by atoms with Gasteiger partial charge in [0.1, 0.15) is 13.2 Å². The summed E-state index contributed by atoms with van der Waals surface area (Å²) in [5.74, 6) is 0.0997. The van der Waals surface area contributed by atoms with E-state index in [9.17, 15) is 9.59 Å². The van der Waals surface area contributed by atoms with Gasteiger partial charge in [-0.05, 0) is 30.7 Å². The molecule has 0 aliphatic carbocycles. The molecular weight excluding hydrogens is 300 g/mol. The lowest BCUT2D eigenvalue weighted by Crippen LogP contribution is -2.12. The Labute approximate surface area is 135 Å². The Morgan fingerprint density at radius 2 is 1.91 bits per heavy atom. The lowest BCUT2D eigenvalue weighted by molar-refractivity contribution is -0.139. The van der Waals surface area contributed by atoms with Crippen molar-refractivity contribution in [3.05, 3.63) is 42.0 Å². The minimum absolute atomic E-state index is 0.0943. The van der Waals surface area contributed by atoms with Crippen LogP contribution in [0.3, 0.4) is 0 Å². The number of benzene rings is 1. The second-order valence-corrected chi connectivity index (χ2v) is 4.53. The maximum atomic E-state index is 11.3. The van der Waals surface area contributed by atoms with Gasteiger partial charge < -0.3 is 18.9 Å². The smallest absolute Gasteiger partial charge is 0.333 e. The second kappa shape index (κ2) is 9.30. The summed E-state index contributed by atoms with van der Waals surface area (Å²) in [7, 11) is 2.83. The fraction of sp³-hybridized carbons (Fsp3) is 0.294. The molecule has 0 heterocycles. The van der Waals surface area contributed by atoms with Gasteiger partial charge in [-0.2, -0.15) is 0 Å². The van der Waals surface area contributed by atoms with Crippen molar-refractivity contribution in [2.24, 2.45) is 0 Å². The summed E-state index contributed by atoms with van der Waals surface area (Å²) >= 11 is 0. The highest BCUT2D eigenvalue weighted by molar-refractivity contribution is 5.87. The van der Waals surface area contributed by atoms with Gasteiger partial charge in [0.15, 0.2) is 11.5 Å². The first-order chi connectivity index (χ1) is 11.0. The average molecular weight is 320 g/mol. The molecule has 0 bridgehead atoms. The molecule has 0 atom stereocenters. The molecule has 0 radical (unpaired) electrons. The van der Waals surface area contributed by atoms with E-state index in [0.29, 0.717) is 17.1 Å². The Balaban J connectivity index is 2.68. The van der Waals surface area contributed by atoms with E-state index in [-0.39, 0.29) is 13.2 Å². The first kappa shape index (κ1) is 18.3. The van der Waals surface area contributed by atoms with E-state index in [1.54, 1.807) is 31.2 Å². The minimum atomic E-state index is -0.463. The number of carbonyl (C=O) groups is 2. The van der Waals surface area contributed by atoms with Crippen LogP contribution >= 0.6 is 0 Å². The third-order valence-corrected chi connectivity index (χ3v) is 2.72. The summed E-state index contributed by atoms with van der Waals surface area (Å²) in [5.41, 5.74) is 1.07. The third kappa shape index (κ3) is 6.25. The summed E-state index contributed by atoms with van der Waals surface area (Å²) in [5, 5.41) is 0. The van der Waals surface area contributed by atoms with Crippen molar-refractivity contribution in [3.8, 4) is 11.5 Å². The van der Waals surface area contributed by atoms with Crippen molar-refractivity contribution >= 4 is 18.0 Å². The fourth-order valence-corrected chi connectivity index (χ4v) is 1.55. The molecule has 1 aromatic carbocycles. The molecule has 6 nitrogen and oxygen atoms in total. The molecule has 0 aromatic heterocycles. The van der Waals surface area contributed by atoms with Gasteiger partial charge in [0.2, 0.25) is 0 Å². The molecule has 0 aliphatic rings. The summed E-state index contributed by atoms with van der Waals surface area (Å²) in [6, 6.07) is 5.19. The Bertz CT molecular complexity index is 603. The summed E-state index contributed by atoms with van der Waals surface area (Å²) in [6.45, 7) is 5.33. The van der Waals surface area contributed by atoms with Crippen molar-refractivity contribution < 1.29 is 28.5 Å². The second-order valence-electron chi connectivity index (χ2n) is 4.53. The van der Waals surface area contributed by atoms with Gasteiger partial charge in [-0.3, -0.25) is 0 Å². The van der Waals surface area contributed by atoms with Crippen molar-refractivity contribution in [2.75, 3.05) is 27.4 Å². The first-order valence-corrected chi connectivity index (χ1v) is 6.87. The zero-order chi connectivity index (χ0) is 17.2. The quantitative estimate of drug-likeness (QED) is 0.416. The molecule has 0 saturated carbocycles. The SMILES string of the molecule is C=C(C)C(=O)OCCOc1cc(C=CC(=O)OC)ccc1OC. The van der Waals surface area contributed by atoms with E-state index in [2.05, 4.69) is 11.3 Å². The molecule has 0 unspecified atom stereocenters. The Hall–Kier alpha value is -2.76. The largest absolute Gasteiger partial charge is 0.493 e. The molecule has 0 saturated heterocycles.